The number of hydrogen-bond acceptors (Lipinski definition) is 4. The summed E-state index contributed by atoms with van der Waals surface area (Å²) in [5.74, 6) is 0.0290. The molecule has 1 aliphatic heterocycles. The van der Waals surface area contributed by atoms with Crippen LogP contribution < -0.4 is 5.73 Å². The van der Waals surface area contributed by atoms with E-state index in [-0.39, 0.29) is 17.7 Å². The predicted molar refractivity (Wildman–Crippen MR) is 54.6 cm³/mol. The van der Waals surface area contributed by atoms with Gasteiger partial charge in [0.2, 0.25) is 5.91 Å². The summed E-state index contributed by atoms with van der Waals surface area (Å²) in [7, 11) is 0. The molecular weight excluding hydrogens is 198 g/mol. The Hall–Kier alpha value is -1.30. The number of morpholine rings is 1. The number of amidine groups is 1. The fourth-order valence-electron chi connectivity index (χ4n) is 1.46. The molecule has 0 aliphatic carbocycles. The minimum absolute atomic E-state index is 0.0104. The Morgan fingerprint density at radius 1 is 1.67 bits per heavy atom. The van der Waals surface area contributed by atoms with Crippen LogP contribution in [-0.2, 0) is 9.53 Å². The highest BCUT2D eigenvalue weighted by molar-refractivity contribution is 5.86. The van der Waals surface area contributed by atoms with E-state index in [1.165, 1.54) is 0 Å². The van der Waals surface area contributed by atoms with Gasteiger partial charge in [0.25, 0.3) is 0 Å². The number of oxime groups is 1. The molecule has 15 heavy (non-hydrogen) atoms. The van der Waals surface area contributed by atoms with Crippen LogP contribution in [0, 0.1) is 5.92 Å². The first kappa shape index (κ1) is 11.8. The molecule has 1 amide bonds. The summed E-state index contributed by atoms with van der Waals surface area (Å²) < 4.78 is 5.28. The quantitative estimate of drug-likeness (QED) is 0.284. The van der Waals surface area contributed by atoms with E-state index >= 15 is 0 Å². The van der Waals surface area contributed by atoms with Crippen LogP contribution in [0.15, 0.2) is 5.16 Å². The average Bonchev–Trinajstić information content (AvgIpc) is 2.27. The van der Waals surface area contributed by atoms with Crippen LogP contribution in [-0.4, -0.2) is 47.7 Å². The maximum atomic E-state index is 11.7. The lowest BCUT2D eigenvalue weighted by Gasteiger charge is -2.33. The number of carbonyl (C=O) groups excluding carboxylic acids is 1. The molecule has 0 bridgehead atoms. The lowest BCUT2D eigenvalue weighted by atomic mass is 10.1. The molecule has 1 atom stereocenters. The number of nitrogens with two attached hydrogens (primary N) is 1. The summed E-state index contributed by atoms with van der Waals surface area (Å²) in [5, 5.41) is 11.4. The third kappa shape index (κ3) is 2.82. The lowest BCUT2D eigenvalue weighted by Crippen LogP contribution is -2.51. The fourth-order valence-corrected chi connectivity index (χ4v) is 1.46. The standard InChI is InChI=1S/C9H17N3O3/c1-6(2)9(13)12-3-4-15-7(5-12)8(10)11-14/h6-7,14H,3-5H2,1-2H3,(H2,10,11). The minimum atomic E-state index is -0.494. The van der Waals surface area contributed by atoms with Crippen molar-refractivity contribution in [1.82, 2.24) is 4.90 Å². The fraction of sp³-hybridized carbons (Fsp3) is 0.778. The third-order valence-corrected chi connectivity index (χ3v) is 2.32. The van der Waals surface area contributed by atoms with Gasteiger partial charge in [0.15, 0.2) is 5.84 Å². The van der Waals surface area contributed by atoms with Crippen LogP contribution in [0.25, 0.3) is 0 Å². The average molecular weight is 215 g/mol. The molecule has 0 aromatic rings. The zero-order valence-corrected chi connectivity index (χ0v) is 9.01. The molecule has 1 unspecified atom stereocenters. The van der Waals surface area contributed by atoms with Crippen LogP contribution in [0.4, 0.5) is 0 Å². The smallest absolute Gasteiger partial charge is 0.225 e. The van der Waals surface area contributed by atoms with E-state index in [1.54, 1.807) is 4.90 Å². The molecule has 6 nitrogen and oxygen atoms in total. The molecule has 1 fully saturated rings. The van der Waals surface area contributed by atoms with Gasteiger partial charge in [-0.05, 0) is 0 Å². The Morgan fingerprint density at radius 3 is 2.87 bits per heavy atom. The zero-order chi connectivity index (χ0) is 11.4. The Bertz CT molecular complexity index is 265. The lowest BCUT2D eigenvalue weighted by molar-refractivity contribution is -0.140. The van der Waals surface area contributed by atoms with Gasteiger partial charge in [0.05, 0.1) is 13.2 Å². The van der Waals surface area contributed by atoms with Crippen LogP contribution in [0.3, 0.4) is 0 Å². The zero-order valence-electron chi connectivity index (χ0n) is 9.01. The Morgan fingerprint density at radius 2 is 2.33 bits per heavy atom. The highest BCUT2D eigenvalue weighted by Crippen LogP contribution is 2.09. The van der Waals surface area contributed by atoms with Gasteiger partial charge in [-0.2, -0.15) is 0 Å². The van der Waals surface area contributed by atoms with Crippen molar-refractivity contribution in [2.24, 2.45) is 16.8 Å². The summed E-state index contributed by atoms with van der Waals surface area (Å²) >= 11 is 0. The van der Waals surface area contributed by atoms with E-state index in [4.69, 9.17) is 15.7 Å². The molecule has 3 N–H and O–H groups in total. The van der Waals surface area contributed by atoms with Crippen LogP contribution >= 0.6 is 0 Å². The second kappa shape index (κ2) is 4.97. The van der Waals surface area contributed by atoms with E-state index in [1.807, 2.05) is 13.8 Å². The van der Waals surface area contributed by atoms with Gasteiger partial charge in [-0.3, -0.25) is 4.79 Å². The van der Waals surface area contributed by atoms with E-state index in [2.05, 4.69) is 5.16 Å². The number of hydrogen-bond donors (Lipinski definition) is 2. The SMILES string of the molecule is CC(C)C(=O)N1CCOC(C(N)=NO)C1. The molecule has 0 radical (unpaired) electrons. The van der Waals surface area contributed by atoms with Crippen molar-refractivity contribution in [2.75, 3.05) is 19.7 Å². The first-order valence-electron chi connectivity index (χ1n) is 4.94. The van der Waals surface area contributed by atoms with Gasteiger partial charge in [-0.25, -0.2) is 0 Å². The summed E-state index contributed by atoms with van der Waals surface area (Å²) in [6, 6.07) is 0. The highest BCUT2D eigenvalue weighted by atomic mass is 16.5. The summed E-state index contributed by atoms with van der Waals surface area (Å²) in [6.45, 7) is 5.02. The van der Waals surface area contributed by atoms with Crippen molar-refractivity contribution >= 4 is 11.7 Å². The number of ether oxygens (including phenoxy) is 1. The molecule has 1 heterocycles. The molecule has 0 aromatic heterocycles. The highest BCUT2D eigenvalue weighted by Gasteiger charge is 2.27. The Labute approximate surface area is 88.7 Å². The molecule has 1 rings (SSSR count). The first-order chi connectivity index (χ1) is 7.06. The van der Waals surface area contributed by atoms with Gasteiger partial charge >= 0.3 is 0 Å². The van der Waals surface area contributed by atoms with Gasteiger partial charge in [-0.1, -0.05) is 19.0 Å². The number of carbonyl (C=O) groups is 1. The van der Waals surface area contributed by atoms with Crippen LogP contribution in [0.5, 0.6) is 0 Å². The van der Waals surface area contributed by atoms with E-state index < -0.39 is 6.10 Å². The van der Waals surface area contributed by atoms with Gasteiger partial charge in [0, 0.05) is 12.5 Å². The van der Waals surface area contributed by atoms with Crippen molar-refractivity contribution in [2.45, 2.75) is 20.0 Å². The second-order valence-electron chi connectivity index (χ2n) is 3.82. The summed E-state index contributed by atoms with van der Waals surface area (Å²) in [6.07, 6.45) is -0.494. The monoisotopic (exact) mass is 215 g/mol. The van der Waals surface area contributed by atoms with Crippen LogP contribution in [0.1, 0.15) is 13.8 Å². The maximum Gasteiger partial charge on any atom is 0.225 e. The molecule has 6 heteroatoms. The van der Waals surface area contributed by atoms with Gasteiger partial charge in [-0.15, -0.1) is 0 Å². The second-order valence-corrected chi connectivity index (χ2v) is 3.82. The largest absolute Gasteiger partial charge is 0.409 e. The van der Waals surface area contributed by atoms with Gasteiger partial charge < -0.3 is 20.6 Å². The number of rotatable bonds is 2. The maximum absolute atomic E-state index is 11.7. The van der Waals surface area contributed by atoms with Crippen molar-refractivity contribution < 1.29 is 14.7 Å². The Kier molecular flexibility index (Phi) is 3.90. The van der Waals surface area contributed by atoms with Gasteiger partial charge in [0.1, 0.15) is 6.10 Å². The summed E-state index contributed by atoms with van der Waals surface area (Å²) in [5.41, 5.74) is 5.42. The molecule has 1 saturated heterocycles. The normalized spacial score (nSPS) is 23.3. The summed E-state index contributed by atoms with van der Waals surface area (Å²) in [4.78, 5) is 13.4. The molecule has 0 saturated carbocycles. The van der Waals surface area contributed by atoms with E-state index in [0.717, 1.165) is 0 Å². The van der Waals surface area contributed by atoms with Crippen molar-refractivity contribution in [3.8, 4) is 0 Å². The van der Waals surface area contributed by atoms with E-state index in [0.29, 0.717) is 19.7 Å². The third-order valence-electron chi connectivity index (χ3n) is 2.32. The Balaban J connectivity index is 2.60. The van der Waals surface area contributed by atoms with Crippen molar-refractivity contribution in [1.29, 1.82) is 0 Å². The van der Waals surface area contributed by atoms with Crippen molar-refractivity contribution in [3.05, 3.63) is 0 Å². The van der Waals surface area contributed by atoms with Crippen molar-refractivity contribution in [3.63, 3.8) is 0 Å². The molecular formula is C9H17N3O3. The first-order valence-corrected chi connectivity index (χ1v) is 4.94. The topological polar surface area (TPSA) is 88.2 Å². The van der Waals surface area contributed by atoms with E-state index in [9.17, 15) is 4.79 Å². The minimum Gasteiger partial charge on any atom is -0.409 e. The number of amides is 1. The van der Waals surface area contributed by atoms with Crippen LogP contribution in [0.2, 0.25) is 0 Å². The number of nitrogens with zero attached hydrogens (tertiary/aromatic N) is 2. The molecule has 86 valence electrons. The molecule has 0 spiro atoms. The molecule has 0 aromatic carbocycles. The molecule has 1 aliphatic rings. The predicted octanol–water partition coefficient (Wildman–Crippen LogP) is -0.384.